The second-order valence-electron chi connectivity index (χ2n) is 9.70. The van der Waals surface area contributed by atoms with Crippen LogP contribution < -0.4 is 5.32 Å². The first-order valence-electron chi connectivity index (χ1n) is 12.0. The van der Waals surface area contributed by atoms with E-state index in [2.05, 4.69) is 30.2 Å². The number of nitrogens with one attached hydrogen (secondary N) is 1. The van der Waals surface area contributed by atoms with E-state index in [-0.39, 0.29) is 34.7 Å². The smallest absolute Gasteiger partial charge is 0.229 e. The number of nitrogens with zero attached hydrogens (tertiary/aromatic N) is 6. The van der Waals surface area contributed by atoms with Gasteiger partial charge in [-0.05, 0) is 64.5 Å². The van der Waals surface area contributed by atoms with Crippen LogP contribution in [0.1, 0.15) is 43.8 Å². The fourth-order valence-corrected chi connectivity index (χ4v) is 4.95. The lowest BCUT2D eigenvalue weighted by Crippen LogP contribution is -2.18. The number of pyridine rings is 1. The minimum Gasteiger partial charge on any atom is -0.388 e. The second-order valence-corrected chi connectivity index (χ2v) is 9.70. The highest BCUT2D eigenvalue weighted by Crippen LogP contribution is 2.31. The van der Waals surface area contributed by atoms with Crippen LogP contribution in [0.25, 0.3) is 22.3 Å². The summed E-state index contributed by atoms with van der Waals surface area (Å²) in [5.41, 5.74) is 1.82. The van der Waals surface area contributed by atoms with E-state index in [0.29, 0.717) is 17.2 Å². The fraction of sp³-hybridized carbons (Fsp3) is 0.385. The molecule has 10 heteroatoms. The Bertz CT molecular complexity index is 1400. The SMILES string of the molecule is Cc1nc2c(F)cc(-c3nc(Nc4ccc(C(O)C5CCN(C)C5)cn4)ncc3F)cc2n1C(C)C. The Kier molecular flexibility index (Phi) is 6.40. The summed E-state index contributed by atoms with van der Waals surface area (Å²) in [6.07, 6.45) is 3.02. The van der Waals surface area contributed by atoms with Gasteiger partial charge in [0.1, 0.15) is 22.9 Å². The third-order valence-corrected chi connectivity index (χ3v) is 6.70. The standard InChI is InChI=1S/C26H29F2N7O/c1-14(2)35-15(3)31-24-19(27)9-18(10-21(24)35)23-20(28)12-30-26(33-23)32-22-6-5-16(11-29-22)25(36)17-7-8-34(4)13-17/h5-6,9-12,14,17,25,36H,7-8,13H2,1-4H3,(H,29,30,32,33). The molecule has 36 heavy (non-hydrogen) atoms. The molecule has 3 aromatic heterocycles. The summed E-state index contributed by atoms with van der Waals surface area (Å²) in [6, 6.07) is 6.52. The number of anilines is 2. The van der Waals surface area contributed by atoms with Crippen LogP contribution in [0.2, 0.25) is 0 Å². The van der Waals surface area contributed by atoms with Crippen LogP contribution in [-0.2, 0) is 0 Å². The number of aliphatic hydroxyl groups is 1. The number of likely N-dealkylation sites (tertiary alicyclic amines) is 1. The first-order valence-corrected chi connectivity index (χ1v) is 12.0. The Hall–Kier alpha value is -3.50. The maximum Gasteiger partial charge on any atom is 0.229 e. The van der Waals surface area contributed by atoms with E-state index in [9.17, 15) is 13.9 Å². The number of aromatic nitrogens is 5. The summed E-state index contributed by atoms with van der Waals surface area (Å²) >= 11 is 0. The number of hydrogen-bond acceptors (Lipinski definition) is 7. The minimum absolute atomic E-state index is 0.0279. The molecule has 8 nitrogen and oxygen atoms in total. The molecule has 1 saturated heterocycles. The van der Waals surface area contributed by atoms with Crippen molar-refractivity contribution in [3.05, 3.63) is 59.7 Å². The molecule has 1 aliphatic rings. The van der Waals surface area contributed by atoms with Crippen molar-refractivity contribution >= 4 is 22.8 Å². The molecule has 1 aromatic carbocycles. The molecule has 0 bridgehead atoms. The van der Waals surface area contributed by atoms with Crippen molar-refractivity contribution in [1.29, 1.82) is 0 Å². The van der Waals surface area contributed by atoms with Gasteiger partial charge in [0.25, 0.3) is 0 Å². The van der Waals surface area contributed by atoms with E-state index in [0.717, 1.165) is 31.3 Å². The third-order valence-electron chi connectivity index (χ3n) is 6.70. The van der Waals surface area contributed by atoms with E-state index in [1.807, 2.05) is 38.5 Å². The van der Waals surface area contributed by atoms with E-state index in [1.54, 1.807) is 18.3 Å². The van der Waals surface area contributed by atoms with Gasteiger partial charge in [0.15, 0.2) is 11.6 Å². The minimum atomic E-state index is -0.667. The molecule has 188 valence electrons. The molecular weight excluding hydrogens is 464 g/mol. The Labute approximate surface area is 208 Å². The lowest BCUT2D eigenvalue weighted by molar-refractivity contribution is 0.112. The second kappa shape index (κ2) is 9.51. The number of benzene rings is 1. The Morgan fingerprint density at radius 3 is 2.56 bits per heavy atom. The summed E-state index contributed by atoms with van der Waals surface area (Å²) in [5.74, 6) is 0.218. The predicted molar refractivity (Wildman–Crippen MR) is 134 cm³/mol. The van der Waals surface area contributed by atoms with Crippen molar-refractivity contribution in [2.24, 2.45) is 5.92 Å². The molecule has 0 radical (unpaired) electrons. The van der Waals surface area contributed by atoms with Gasteiger partial charge in [0.05, 0.1) is 17.8 Å². The van der Waals surface area contributed by atoms with Gasteiger partial charge in [-0.3, -0.25) is 0 Å². The lowest BCUT2D eigenvalue weighted by atomic mass is 9.96. The third kappa shape index (κ3) is 4.54. The maximum absolute atomic E-state index is 14.9. The largest absolute Gasteiger partial charge is 0.388 e. The van der Waals surface area contributed by atoms with Gasteiger partial charge < -0.3 is 19.9 Å². The number of fused-ring (bicyclic) bond motifs is 1. The highest BCUT2D eigenvalue weighted by Gasteiger charge is 2.27. The van der Waals surface area contributed by atoms with E-state index < -0.39 is 17.7 Å². The quantitative estimate of drug-likeness (QED) is 0.399. The highest BCUT2D eigenvalue weighted by molar-refractivity contribution is 5.83. The lowest BCUT2D eigenvalue weighted by Gasteiger charge is -2.18. The zero-order valence-electron chi connectivity index (χ0n) is 20.7. The molecule has 0 aliphatic carbocycles. The number of rotatable bonds is 6. The van der Waals surface area contributed by atoms with Gasteiger partial charge in [0.2, 0.25) is 5.95 Å². The van der Waals surface area contributed by atoms with Crippen LogP contribution in [0.4, 0.5) is 20.5 Å². The van der Waals surface area contributed by atoms with Crippen molar-refractivity contribution in [3.8, 4) is 11.3 Å². The predicted octanol–water partition coefficient (Wildman–Crippen LogP) is 4.78. The van der Waals surface area contributed by atoms with Crippen LogP contribution >= 0.6 is 0 Å². The van der Waals surface area contributed by atoms with Crippen molar-refractivity contribution < 1.29 is 13.9 Å². The monoisotopic (exact) mass is 493 g/mol. The molecule has 4 heterocycles. The number of imidazole rings is 1. The van der Waals surface area contributed by atoms with Crippen LogP contribution in [0, 0.1) is 24.5 Å². The zero-order valence-corrected chi connectivity index (χ0v) is 20.7. The van der Waals surface area contributed by atoms with Crippen LogP contribution in [0.5, 0.6) is 0 Å². The summed E-state index contributed by atoms with van der Waals surface area (Å²) in [7, 11) is 2.04. The van der Waals surface area contributed by atoms with Gasteiger partial charge in [-0.1, -0.05) is 6.07 Å². The van der Waals surface area contributed by atoms with Gasteiger partial charge in [-0.15, -0.1) is 0 Å². The number of halogens is 2. The molecule has 2 unspecified atom stereocenters. The first kappa shape index (κ1) is 24.2. The van der Waals surface area contributed by atoms with Crippen molar-refractivity contribution in [2.75, 3.05) is 25.5 Å². The molecule has 5 rings (SSSR count). The van der Waals surface area contributed by atoms with Crippen LogP contribution in [-0.4, -0.2) is 54.6 Å². The average Bonchev–Trinajstić information content (AvgIpc) is 3.43. The molecule has 2 atom stereocenters. The number of hydrogen-bond donors (Lipinski definition) is 2. The normalized spacial score (nSPS) is 17.3. The Morgan fingerprint density at radius 2 is 1.89 bits per heavy atom. The van der Waals surface area contributed by atoms with Crippen LogP contribution in [0.3, 0.4) is 0 Å². The molecule has 1 aliphatic heterocycles. The summed E-state index contributed by atoms with van der Waals surface area (Å²) in [6.45, 7) is 7.59. The maximum atomic E-state index is 14.9. The number of aliphatic hydroxyl groups excluding tert-OH is 1. The van der Waals surface area contributed by atoms with Gasteiger partial charge in [-0.25, -0.2) is 28.7 Å². The fourth-order valence-electron chi connectivity index (χ4n) is 4.95. The summed E-state index contributed by atoms with van der Waals surface area (Å²) in [5, 5.41) is 13.6. The Morgan fingerprint density at radius 1 is 1.08 bits per heavy atom. The van der Waals surface area contributed by atoms with Crippen molar-refractivity contribution in [2.45, 2.75) is 39.3 Å². The zero-order chi connectivity index (χ0) is 25.6. The molecule has 4 aromatic rings. The average molecular weight is 494 g/mol. The highest BCUT2D eigenvalue weighted by atomic mass is 19.1. The van der Waals surface area contributed by atoms with Gasteiger partial charge in [-0.2, -0.15) is 0 Å². The number of aryl methyl sites for hydroxylation is 1. The van der Waals surface area contributed by atoms with E-state index in [1.165, 1.54) is 6.07 Å². The molecule has 0 saturated carbocycles. The molecule has 0 spiro atoms. The summed E-state index contributed by atoms with van der Waals surface area (Å²) < 4.78 is 31.6. The van der Waals surface area contributed by atoms with Gasteiger partial charge >= 0.3 is 0 Å². The van der Waals surface area contributed by atoms with Gasteiger partial charge in [0, 0.05) is 30.3 Å². The molecule has 1 fully saturated rings. The molecular formula is C26H29F2N7O. The van der Waals surface area contributed by atoms with Crippen molar-refractivity contribution in [3.63, 3.8) is 0 Å². The molecule has 0 amide bonds. The Balaban J connectivity index is 1.41. The van der Waals surface area contributed by atoms with E-state index >= 15 is 0 Å². The first-order chi connectivity index (χ1) is 17.2. The van der Waals surface area contributed by atoms with Crippen LogP contribution in [0.15, 0.2) is 36.7 Å². The van der Waals surface area contributed by atoms with E-state index in [4.69, 9.17) is 0 Å². The summed E-state index contributed by atoms with van der Waals surface area (Å²) in [4.78, 5) is 19.2. The molecule has 2 N–H and O–H groups in total. The topological polar surface area (TPSA) is 92.0 Å². The van der Waals surface area contributed by atoms with Crippen molar-refractivity contribution in [1.82, 2.24) is 29.4 Å².